The third-order valence-electron chi connectivity index (χ3n) is 3.59. The molecule has 0 spiro atoms. The SMILES string of the molecule is O=C(NN=Cc1ccncc1)c1cccc(S(=O)(=O)Nc2ccc(Cl)cc2)c1. The first-order chi connectivity index (χ1) is 13.4. The van der Waals surface area contributed by atoms with Gasteiger partial charge in [0.1, 0.15) is 0 Å². The first-order valence-corrected chi connectivity index (χ1v) is 9.92. The van der Waals surface area contributed by atoms with Crippen LogP contribution in [-0.4, -0.2) is 25.5 Å². The van der Waals surface area contributed by atoms with Gasteiger partial charge in [-0.05, 0) is 60.2 Å². The van der Waals surface area contributed by atoms with E-state index in [0.29, 0.717) is 10.7 Å². The molecule has 0 fully saturated rings. The van der Waals surface area contributed by atoms with Gasteiger partial charge in [0.25, 0.3) is 15.9 Å². The van der Waals surface area contributed by atoms with E-state index < -0.39 is 15.9 Å². The Hall–Kier alpha value is -3.23. The van der Waals surface area contributed by atoms with Crippen molar-refractivity contribution >= 4 is 39.4 Å². The Balaban J connectivity index is 1.72. The van der Waals surface area contributed by atoms with E-state index in [2.05, 4.69) is 20.2 Å². The molecule has 0 aliphatic carbocycles. The van der Waals surface area contributed by atoms with Gasteiger partial charge in [-0.1, -0.05) is 17.7 Å². The molecule has 0 atom stereocenters. The van der Waals surface area contributed by atoms with Gasteiger partial charge in [-0.25, -0.2) is 13.8 Å². The van der Waals surface area contributed by atoms with Crippen molar-refractivity contribution in [3.8, 4) is 0 Å². The highest BCUT2D eigenvalue weighted by Crippen LogP contribution is 2.19. The zero-order chi connectivity index (χ0) is 20.0. The molecule has 0 bridgehead atoms. The predicted octanol–water partition coefficient (Wildman–Crippen LogP) is 3.30. The van der Waals surface area contributed by atoms with E-state index in [1.165, 1.54) is 30.5 Å². The van der Waals surface area contributed by atoms with Gasteiger partial charge in [-0.3, -0.25) is 14.5 Å². The number of amides is 1. The Kier molecular flexibility index (Phi) is 6.03. The summed E-state index contributed by atoms with van der Waals surface area (Å²) in [6.07, 6.45) is 4.67. The molecule has 9 heteroatoms. The zero-order valence-corrected chi connectivity index (χ0v) is 16.0. The van der Waals surface area contributed by atoms with E-state index in [1.54, 1.807) is 48.8 Å². The lowest BCUT2D eigenvalue weighted by Gasteiger charge is -2.09. The highest BCUT2D eigenvalue weighted by Gasteiger charge is 2.16. The predicted molar refractivity (Wildman–Crippen MR) is 108 cm³/mol. The molecule has 2 N–H and O–H groups in total. The Morgan fingerprint density at radius 3 is 2.46 bits per heavy atom. The van der Waals surface area contributed by atoms with Crippen molar-refractivity contribution < 1.29 is 13.2 Å². The standard InChI is InChI=1S/C19H15ClN4O3S/c20-16-4-6-17(7-5-16)24-28(26,27)18-3-1-2-15(12-18)19(25)23-22-13-14-8-10-21-11-9-14/h1-13,24H,(H,23,25). The number of hydrogen-bond donors (Lipinski definition) is 2. The number of hydrogen-bond acceptors (Lipinski definition) is 5. The van der Waals surface area contributed by atoms with E-state index in [1.807, 2.05) is 0 Å². The van der Waals surface area contributed by atoms with Crippen molar-refractivity contribution in [2.75, 3.05) is 4.72 Å². The number of pyridine rings is 1. The van der Waals surface area contributed by atoms with Crippen LogP contribution in [0.3, 0.4) is 0 Å². The first-order valence-electron chi connectivity index (χ1n) is 8.06. The zero-order valence-electron chi connectivity index (χ0n) is 14.4. The minimum atomic E-state index is -3.86. The summed E-state index contributed by atoms with van der Waals surface area (Å²) in [6.45, 7) is 0. The van der Waals surface area contributed by atoms with Crippen LogP contribution in [0.1, 0.15) is 15.9 Å². The fourth-order valence-electron chi connectivity index (χ4n) is 2.22. The Labute approximate surface area is 167 Å². The number of nitrogens with zero attached hydrogens (tertiary/aromatic N) is 2. The van der Waals surface area contributed by atoms with Crippen LogP contribution < -0.4 is 10.1 Å². The summed E-state index contributed by atoms with van der Waals surface area (Å²) in [5.74, 6) is -0.533. The minimum absolute atomic E-state index is 0.0480. The fourth-order valence-corrected chi connectivity index (χ4v) is 3.45. The second kappa shape index (κ2) is 8.64. The van der Waals surface area contributed by atoms with Crippen LogP contribution in [0.4, 0.5) is 5.69 Å². The monoisotopic (exact) mass is 414 g/mol. The second-order valence-corrected chi connectivity index (χ2v) is 7.74. The quantitative estimate of drug-likeness (QED) is 0.477. The van der Waals surface area contributed by atoms with E-state index in [4.69, 9.17) is 11.6 Å². The number of sulfonamides is 1. The second-order valence-electron chi connectivity index (χ2n) is 5.62. The smallest absolute Gasteiger partial charge is 0.271 e. The number of benzene rings is 2. The maximum atomic E-state index is 12.5. The number of aromatic nitrogens is 1. The number of carbonyl (C=O) groups excluding carboxylic acids is 1. The molecule has 1 amide bonds. The number of carbonyl (C=O) groups is 1. The average Bonchev–Trinajstić information content (AvgIpc) is 2.70. The molecule has 0 radical (unpaired) electrons. The van der Waals surface area contributed by atoms with Crippen molar-refractivity contribution in [3.63, 3.8) is 0 Å². The van der Waals surface area contributed by atoms with Crippen LogP contribution in [0.25, 0.3) is 0 Å². The molecule has 28 heavy (non-hydrogen) atoms. The molecular weight excluding hydrogens is 400 g/mol. The number of halogens is 1. The molecule has 3 aromatic rings. The van der Waals surface area contributed by atoms with Gasteiger partial charge in [0.2, 0.25) is 0 Å². The van der Waals surface area contributed by atoms with Crippen LogP contribution >= 0.6 is 11.6 Å². The topological polar surface area (TPSA) is 101 Å². The summed E-state index contributed by atoms with van der Waals surface area (Å²) in [5, 5.41) is 4.35. The third kappa shape index (κ3) is 5.15. The lowest BCUT2D eigenvalue weighted by molar-refractivity contribution is 0.0955. The summed E-state index contributed by atoms with van der Waals surface area (Å²) in [6, 6.07) is 15.3. The normalized spacial score (nSPS) is 11.3. The largest absolute Gasteiger partial charge is 0.280 e. The van der Waals surface area contributed by atoms with Gasteiger partial charge in [-0.2, -0.15) is 5.10 Å². The van der Waals surface area contributed by atoms with Gasteiger partial charge in [0, 0.05) is 28.7 Å². The molecule has 0 aliphatic rings. The summed E-state index contributed by atoms with van der Waals surface area (Å²) >= 11 is 5.80. The van der Waals surface area contributed by atoms with E-state index >= 15 is 0 Å². The van der Waals surface area contributed by atoms with Crippen molar-refractivity contribution in [1.29, 1.82) is 0 Å². The first kappa shape index (κ1) is 19.5. The summed E-state index contributed by atoms with van der Waals surface area (Å²) in [5.41, 5.74) is 3.65. The Morgan fingerprint density at radius 1 is 1.04 bits per heavy atom. The highest BCUT2D eigenvalue weighted by molar-refractivity contribution is 7.92. The minimum Gasteiger partial charge on any atom is -0.280 e. The molecule has 7 nitrogen and oxygen atoms in total. The van der Waals surface area contributed by atoms with E-state index in [9.17, 15) is 13.2 Å². The van der Waals surface area contributed by atoms with Gasteiger partial charge < -0.3 is 0 Å². The number of hydrazone groups is 1. The van der Waals surface area contributed by atoms with Crippen LogP contribution in [0.2, 0.25) is 5.02 Å². The van der Waals surface area contributed by atoms with Crippen molar-refractivity contribution in [2.24, 2.45) is 5.10 Å². The van der Waals surface area contributed by atoms with Crippen molar-refractivity contribution in [3.05, 3.63) is 89.2 Å². The van der Waals surface area contributed by atoms with Crippen molar-refractivity contribution in [1.82, 2.24) is 10.4 Å². The maximum absolute atomic E-state index is 12.5. The summed E-state index contributed by atoms with van der Waals surface area (Å²) in [4.78, 5) is 16.1. The molecule has 3 rings (SSSR count). The lowest BCUT2D eigenvalue weighted by atomic mass is 10.2. The Bertz CT molecular complexity index is 1100. The average molecular weight is 415 g/mol. The summed E-state index contributed by atoms with van der Waals surface area (Å²) in [7, 11) is -3.86. The highest BCUT2D eigenvalue weighted by atomic mass is 35.5. The van der Waals surface area contributed by atoms with Gasteiger partial charge >= 0.3 is 0 Å². The van der Waals surface area contributed by atoms with Crippen LogP contribution in [0.5, 0.6) is 0 Å². The van der Waals surface area contributed by atoms with Crippen LogP contribution in [0, 0.1) is 0 Å². The van der Waals surface area contributed by atoms with Gasteiger partial charge in [-0.15, -0.1) is 0 Å². The molecule has 1 aromatic heterocycles. The number of nitrogens with one attached hydrogen (secondary N) is 2. The molecule has 2 aromatic carbocycles. The van der Waals surface area contributed by atoms with Crippen LogP contribution in [-0.2, 0) is 10.0 Å². The van der Waals surface area contributed by atoms with Crippen molar-refractivity contribution in [2.45, 2.75) is 4.90 Å². The molecule has 142 valence electrons. The molecular formula is C19H15ClN4O3S. The fraction of sp³-hybridized carbons (Fsp3) is 0. The maximum Gasteiger partial charge on any atom is 0.271 e. The molecule has 0 unspecified atom stereocenters. The molecule has 0 aliphatic heterocycles. The summed E-state index contributed by atoms with van der Waals surface area (Å²) < 4.78 is 27.5. The molecule has 0 saturated heterocycles. The van der Waals surface area contributed by atoms with Gasteiger partial charge in [0.15, 0.2) is 0 Å². The number of anilines is 1. The molecule has 0 saturated carbocycles. The van der Waals surface area contributed by atoms with Crippen LogP contribution in [0.15, 0.2) is 83.1 Å². The van der Waals surface area contributed by atoms with Gasteiger partial charge in [0.05, 0.1) is 11.1 Å². The number of rotatable bonds is 6. The van der Waals surface area contributed by atoms with E-state index in [-0.39, 0.29) is 10.5 Å². The van der Waals surface area contributed by atoms with E-state index in [0.717, 1.165) is 5.56 Å². The third-order valence-corrected chi connectivity index (χ3v) is 5.22. The molecule has 1 heterocycles. The Morgan fingerprint density at radius 2 is 1.75 bits per heavy atom. The lowest BCUT2D eigenvalue weighted by Crippen LogP contribution is -2.19.